The van der Waals surface area contributed by atoms with E-state index < -0.39 is 5.82 Å². The minimum atomic E-state index is -0.537. The number of phenolic OH excluding ortho intramolecular Hbond substituents is 1. The van der Waals surface area contributed by atoms with Gasteiger partial charge in [0.1, 0.15) is 43.4 Å². The molecule has 48 heavy (non-hydrogen) atoms. The molecular weight excluding hydrogens is 629 g/mol. The first-order valence-electron chi connectivity index (χ1n) is 17.4. The van der Waals surface area contributed by atoms with Gasteiger partial charge in [-0.15, -0.1) is 0 Å². The molecule has 2 saturated heterocycles. The Morgan fingerprint density at radius 2 is 1.92 bits per heavy atom. The van der Waals surface area contributed by atoms with E-state index in [2.05, 4.69) is 14.8 Å². The lowest BCUT2D eigenvalue weighted by Gasteiger charge is -2.34. The van der Waals surface area contributed by atoms with Gasteiger partial charge in [-0.2, -0.15) is 9.97 Å². The third-order valence-corrected chi connectivity index (χ3v) is 12.1. The number of ether oxygens (including phenoxy) is 2. The summed E-state index contributed by atoms with van der Waals surface area (Å²) >= 11 is 6.95. The number of hydrogen-bond donors (Lipinski definition) is 2. The predicted octanol–water partition coefficient (Wildman–Crippen LogP) is 6.11. The van der Waals surface area contributed by atoms with Crippen molar-refractivity contribution in [2.24, 2.45) is 17.8 Å². The number of allylic oxidation sites excluding steroid dienone is 1. The van der Waals surface area contributed by atoms with E-state index in [0.29, 0.717) is 53.2 Å². The van der Waals surface area contributed by atoms with Crippen molar-refractivity contribution in [2.75, 3.05) is 50.9 Å². The number of aromatic hydroxyl groups is 1. The van der Waals surface area contributed by atoms with Gasteiger partial charge in [0.2, 0.25) is 0 Å². The number of benzene rings is 3. The van der Waals surface area contributed by atoms with E-state index >= 15 is 4.39 Å². The van der Waals surface area contributed by atoms with Crippen LogP contribution in [0.5, 0.6) is 11.8 Å². The zero-order chi connectivity index (χ0) is 32.1. The van der Waals surface area contributed by atoms with Crippen molar-refractivity contribution in [1.82, 2.24) is 15.3 Å². The van der Waals surface area contributed by atoms with Crippen molar-refractivity contribution in [3.63, 3.8) is 0 Å². The molecule has 2 bridgehead atoms. The molecule has 8 nitrogen and oxygen atoms in total. The second-order valence-corrected chi connectivity index (χ2v) is 15.0. The number of nitrogens with zero attached hydrogens (tertiary/aromatic N) is 4. The summed E-state index contributed by atoms with van der Waals surface area (Å²) in [6.45, 7) is 5.63. The van der Waals surface area contributed by atoms with Crippen LogP contribution >= 0.6 is 11.6 Å². The van der Waals surface area contributed by atoms with Crippen molar-refractivity contribution in [3.8, 4) is 22.9 Å². The van der Waals surface area contributed by atoms with Crippen molar-refractivity contribution >= 4 is 44.8 Å². The molecule has 0 radical (unpaired) electrons. The molecule has 10 heteroatoms. The number of aromatic nitrogens is 2. The van der Waals surface area contributed by atoms with Gasteiger partial charge in [0.05, 0.1) is 5.02 Å². The Morgan fingerprint density at radius 3 is 2.79 bits per heavy atom. The maximum Gasteiger partial charge on any atom is 0.319 e. The number of hydrogen-bond acceptors (Lipinski definition) is 7. The third kappa shape index (κ3) is 4.72. The molecule has 3 fully saturated rings. The number of rotatable bonds is 5. The molecule has 4 aliphatic heterocycles. The molecule has 0 amide bonds. The smallest absolute Gasteiger partial charge is 0.319 e. The van der Waals surface area contributed by atoms with E-state index in [9.17, 15) is 5.11 Å². The molecule has 2 aliphatic carbocycles. The van der Waals surface area contributed by atoms with Gasteiger partial charge >= 0.3 is 6.01 Å². The molecule has 1 saturated carbocycles. The average molecular weight is 667 g/mol. The van der Waals surface area contributed by atoms with Crippen LogP contribution in [0.3, 0.4) is 0 Å². The Morgan fingerprint density at radius 1 is 1.06 bits per heavy atom. The normalized spacial score (nSPS) is 27.7. The van der Waals surface area contributed by atoms with E-state index in [4.69, 9.17) is 31.0 Å². The van der Waals surface area contributed by atoms with Crippen LogP contribution in [0.2, 0.25) is 5.02 Å². The molecule has 5 heterocycles. The van der Waals surface area contributed by atoms with Gasteiger partial charge in [0.25, 0.3) is 0 Å². The molecule has 0 spiro atoms. The highest BCUT2D eigenvalue weighted by Crippen LogP contribution is 2.59. The molecule has 3 aromatic carbocycles. The van der Waals surface area contributed by atoms with Gasteiger partial charge in [-0.05, 0) is 77.6 Å². The minimum Gasteiger partial charge on any atom is -0.508 e. The maximum absolute atomic E-state index is 17.0. The fourth-order valence-electron chi connectivity index (χ4n) is 9.54. The van der Waals surface area contributed by atoms with Crippen molar-refractivity contribution in [3.05, 3.63) is 64.5 Å². The monoisotopic (exact) mass is 666 g/mol. The molecule has 4 unspecified atom stereocenters. The summed E-state index contributed by atoms with van der Waals surface area (Å²) in [6, 6.07) is 13.6. The molecule has 6 aliphatic rings. The van der Waals surface area contributed by atoms with Gasteiger partial charge in [0.15, 0.2) is 18.1 Å². The van der Waals surface area contributed by atoms with Crippen molar-refractivity contribution in [2.45, 2.75) is 44.2 Å². The van der Waals surface area contributed by atoms with Gasteiger partial charge in [-0.3, -0.25) is 0 Å². The van der Waals surface area contributed by atoms with E-state index in [-0.39, 0.29) is 27.9 Å². The van der Waals surface area contributed by atoms with Gasteiger partial charge in [-0.25, -0.2) is 8.97 Å². The Balaban J connectivity index is 1.04. The first-order chi connectivity index (χ1) is 23.5. The highest BCUT2D eigenvalue weighted by molar-refractivity contribution is 6.35. The van der Waals surface area contributed by atoms with Crippen LogP contribution < -0.4 is 15.0 Å². The molecule has 4 aromatic rings. The van der Waals surface area contributed by atoms with Crippen molar-refractivity contribution < 1.29 is 23.5 Å². The second kappa shape index (κ2) is 11.1. The zero-order valence-electron chi connectivity index (χ0n) is 26.7. The van der Waals surface area contributed by atoms with E-state index in [1.807, 2.05) is 24.3 Å². The highest BCUT2D eigenvalue weighted by Gasteiger charge is 2.54. The molecule has 10 rings (SSSR count). The quantitative estimate of drug-likeness (QED) is 0.197. The summed E-state index contributed by atoms with van der Waals surface area (Å²) in [4.78, 5) is 12.0. The number of nitrogens with one attached hydrogen (secondary N) is 1. The van der Waals surface area contributed by atoms with Crippen molar-refractivity contribution in [1.29, 1.82) is 0 Å². The molecule has 5 atom stereocenters. The van der Waals surface area contributed by atoms with Gasteiger partial charge < -0.3 is 24.8 Å². The third-order valence-electron chi connectivity index (χ3n) is 11.8. The van der Waals surface area contributed by atoms with Crippen LogP contribution in [0.4, 0.5) is 10.2 Å². The summed E-state index contributed by atoms with van der Waals surface area (Å²) in [6.07, 6.45) is 5.55. The largest absolute Gasteiger partial charge is 0.508 e. The molecule has 2 N–H and O–H groups in total. The first-order valence-corrected chi connectivity index (χ1v) is 17.8. The van der Waals surface area contributed by atoms with Crippen LogP contribution in [0, 0.1) is 23.6 Å². The van der Waals surface area contributed by atoms with Crippen LogP contribution in [0.1, 0.15) is 32.1 Å². The fraction of sp³-hybridized carbons (Fsp3) is 0.447. The maximum atomic E-state index is 17.0. The summed E-state index contributed by atoms with van der Waals surface area (Å²) in [5, 5.41) is 16.7. The Kier molecular flexibility index (Phi) is 6.75. The van der Waals surface area contributed by atoms with E-state index in [1.165, 1.54) is 11.3 Å². The van der Waals surface area contributed by atoms with E-state index in [0.717, 1.165) is 82.3 Å². The number of anilines is 1. The lowest BCUT2D eigenvalue weighted by atomic mass is 9.84. The zero-order valence-corrected chi connectivity index (χ0v) is 27.5. The lowest BCUT2D eigenvalue weighted by molar-refractivity contribution is -0.546. The number of phenols is 1. The van der Waals surface area contributed by atoms with Gasteiger partial charge in [-0.1, -0.05) is 41.4 Å². The summed E-state index contributed by atoms with van der Waals surface area (Å²) < 4.78 is 31.9. The number of piperazine rings is 1. The number of halogens is 2. The first kappa shape index (κ1) is 29.2. The predicted molar refractivity (Wildman–Crippen MR) is 184 cm³/mol. The lowest BCUT2D eigenvalue weighted by Crippen LogP contribution is -2.51. The average Bonchev–Trinajstić information content (AvgIpc) is 3.78. The van der Waals surface area contributed by atoms with Crippen LogP contribution in [0.15, 0.2) is 53.6 Å². The topological polar surface area (TPSA) is 82.8 Å². The molecular formula is C38H38ClFN5O3+. The SMILES string of the molecule is Oc1cc(-c2c(Cl)cc3c(N4CC5CCC(C4)N5)nc(OCC4=C5CC5C5C[N+]6=C(CC[C@@H]45)COCC6)nc3c2F)c2ccccc2c1. The fourth-order valence-corrected chi connectivity index (χ4v) is 9.84. The standard InChI is InChI=1S/C38H37ClFN5O3/c39-33-14-30-36(35(40)34(33)29-12-24(46)11-20-3-1-2-4-25(20)29)42-38(43-37(30)45-15-21-5-6-22(16-45)41-21)48-19-32-26-8-7-23-18-47-10-9-44(23)17-31(26)27-13-28(27)32/h1-4,11-12,14,21-22,26-27,31,41H,5-10,13,15-19H2/p+1/t21?,22?,26-,27?,31?/m1/s1. The van der Waals surface area contributed by atoms with Gasteiger partial charge in [0, 0.05) is 48.5 Å². The summed E-state index contributed by atoms with van der Waals surface area (Å²) in [5.74, 6) is 1.94. The van der Waals surface area contributed by atoms with Crippen LogP contribution in [-0.2, 0) is 4.74 Å². The number of fused-ring (bicyclic) bond motifs is 7. The highest BCUT2D eigenvalue weighted by atomic mass is 35.5. The van der Waals surface area contributed by atoms with Crippen LogP contribution in [-0.4, -0.2) is 83.4 Å². The summed E-state index contributed by atoms with van der Waals surface area (Å²) in [7, 11) is 0. The minimum absolute atomic E-state index is 0.0474. The Labute approximate surface area is 283 Å². The second-order valence-electron chi connectivity index (χ2n) is 14.6. The van der Waals surface area contributed by atoms with E-state index in [1.54, 1.807) is 23.8 Å². The molecule has 246 valence electrons. The Hall–Kier alpha value is -3.79. The van der Waals surface area contributed by atoms with Crippen LogP contribution in [0.25, 0.3) is 32.8 Å². The Bertz CT molecular complexity index is 2070. The summed E-state index contributed by atoms with van der Waals surface area (Å²) in [5.41, 5.74) is 5.32. The molecule has 1 aromatic heterocycles.